The monoisotopic (exact) mass is 364 g/mol. The first-order valence-electron chi connectivity index (χ1n) is 7.41. The Morgan fingerprint density at radius 1 is 1.08 bits per heavy atom. The lowest BCUT2D eigenvalue weighted by Gasteiger charge is -2.07. The van der Waals surface area contributed by atoms with Crippen molar-refractivity contribution < 1.29 is 9.18 Å². The smallest absolute Gasteiger partial charge is 0.253 e. The second-order valence-corrected chi connectivity index (χ2v) is 6.21. The Kier molecular flexibility index (Phi) is 6.31. The van der Waals surface area contributed by atoms with Gasteiger partial charge in [0, 0.05) is 16.6 Å². The van der Waals surface area contributed by atoms with Crippen molar-refractivity contribution in [2.24, 2.45) is 5.73 Å². The Labute approximate surface area is 150 Å². The Hall–Kier alpha value is -1.95. The van der Waals surface area contributed by atoms with Crippen LogP contribution >= 0.6 is 23.7 Å². The van der Waals surface area contributed by atoms with E-state index in [4.69, 9.17) is 5.73 Å². The molecule has 0 aliphatic carbocycles. The third-order valence-electron chi connectivity index (χ3n) is 3.72. The van der Waals surface area contributed by atoms with Gasteiger partial charge >= 0.3 is 0 Å². The predicted molar refractivity (Wildman–Crippen MR) is 99.4 cm³/mol. The number of benzene rings is 2. The molecule has 3 rings (SSSR count). The number of hydrogen-bond donors (Lipinski definition) is 2. The molecule has 1 heterocycles. The maximum atomic E-state index is 13.7. The van der Waals surface area contributed by atoms with Crippen LogP contribution in [0.4, 0.5) is 4.39 Å². The Morgan fingerprint density at radius 3 is 2.50 bits per heavy atom. The number of carbonyl (C=O) groups is 1. The number of nitrogens with one attached hydrogen (secondary N) is 1. The van der Waals surface area contributed by atoms with Crippen LogP contribution in [0, 0.1) is 5.82 Å². The van der Waals surface area contributed by atoms with Crippen molar-refractivity contribution in [3.63, 3.8) is 0 Å². The van der Waals surface area contributed by atoms with E-state index < -0.39 is 0 Å². The van der Waals surface area contributed by atoms with E-state index in [0.29, 0.717) is 28.7 Å². The molecule has 6 heteroatoms. The zero-order valence-electron chi connectivity index (χ0n) is 12.9. The number of fused-ring (bicyclic) bond motifs is 1. The van der Waals surface area contributed by atoms with Gasteiger partial charge in [0.05, 0.1) is 5.56 Å². The molecule has 3 aromatic rings. The highest BCUT2D eigenvalue weighted by atomic mass is 35.5. The van der Waals surface area contributed by atoms with Crippen LogP contribution in [-0.4, -0.2) is 12.5 Å². The van der Waals surface area contributed by atoms with Crippen molar-refractivity contribution in [3.8, 4) is 0 Å². The van der Waals surface area contributed by atoms with Crippen molar-refractivity contribution in [3.05, 3.63) is 70.4 Å². The molecule has 126 valence electrons. The average Bonchev–Trinajstić information content (AvgIpc) is 3.05. The van der Waals surface area contributed by atoms with Crippen molar-refractivity contribution in [1.29, 1.82) is 0 Å². The van der Waals surface area contributed by atoms with E-state index in [1.54, 1.807) is 11.4 Å². The number of halogens is 2. The number of amides is 1. The second kappa shape index (κ2) is 8.24. The number of rotatable bonds is 5. The van der Waals surface area contributed by atoms with Gasteiger partial charge in [-0.3, -0.25) is 4.79 Å². The molecule has 2 aromatic carbocycles. The van der Waals surface area contributed by atoms with E-state index in [9.17, 15) is 9.18 Å². The van der Waals surface area contributed by atoms with Crippen molar-refractivity contribution >= 4 is 39.7 Å². The fourth-order valence-electron chi connectivity index (χ4n) is 2.47. The molecular weight excluding hydrogens is 347 g/mol. The zero-order chi connectivity index (χ0) is 16.2. The van der Waals surface area contributed by atoms with E-state index >= 15 is 0 Å². The SMILES string of the molecule is Cl.NCCc1ccc(CNC(=O)c2ccc(F)c3ccsc23)cc1. The number of carbonyl (C=O) groups excluding carboxylic acids is 1. The van der Waals surface area contributed by atoms with Crippen LogP contribution in [0.25, 0.3) is 10.1 Å². The molecule has 3 N–H and O–H groups in total. The maximum absolute atomic E-state index is 13.7. The molecule has 0 aliphatic heterocycles. The number of hydrogen-bond acceptors (Lipinski definition) is 3. The topological polar surface area (TPSA) is 55.1 Å². The van der Waals surface area contributed by atoms with E-state index in [1.807, 2.05) is 24.3 Å². The number of thiophene rings is 1. The molecule has 0 saturated heterocycles. The average molecular weight is 365 g/mol. The fraction of sp³-hybridized carbons (Fsp3) is 0.167. The lowest BCUT2D eigenvalue weighted by atomic mass is 10.1. The fourth-order valence-corrected chi connectivity index (χ4v) is 3.40. The van der Waals surface area contributed by atoms with E-state index in [2.05, 4.69) is 5.32 Å². The first kappa shape index (κ1) is 18.4. The van der Waals surface area contributed by atoms with Crippen LogP contribution in [0.1, 0.15) is 21.5 Å². The molecule has 0 bridgehead atoms. The predicted octanol–water partition coefficient (Wildman–Crippen LogP) is 3.89. The third-order valence-corrected chi connectivity index (χ3v) is 4.66. The lowest BCUT2D eigenvalue weighted by Crippen LogP contribution is -2.22. The normalized spacial score (nSPS) is 10.4. The van der Waals surface area contributed by atoms with Gasteiger partial charge in [-0.1, -0.05) is 24.3 Å². The minimum Gasteiger partial charge on any atom is -0.348 e. The largest absolute Gasteiger partial charge is 0.348 e. The molecule has 3 nitrogen and oxygen atoms in total. The molecule has 0 aliphatic rings. The van der Waals surface area contributed by atoms with E-state index in [-0.39, 0.29) is 24.1 Å². The molecule has 0 unspecified atom stereocenters. The van der Waals surface area contributed by atoms with Crippen molar-refractivity contribution in [1.82, 2.24) is 5.32 Å². The molecule has 1 amide bonds. The van der Waals surface area contributed by atoms with Gasteiger partial charge in [0.25, 0.3) is 5.91 Å². The summed E-state index contributed by atoms with van der Waals surface area (Å²) in [5.74, 6) is -0.489. The van der Waals surface area contributed by atoms with Crippen LogP contribution in [0.3, 0.4) is 0 Å². The van der Waals surface area contributed by atoms with Gasteiger partial charge in [0.1, 0.15) is 5.82 Å². The summed E-state index contributed by atoms with van der Waals surface area (Å²) < 4.78 is 14.4. The van der Waals surface area contributed by atoms with Gasteiger partial charge < -0.3 is 11.1 Å². The van der Waals surface area contributed by atoms with Crippen LogP contribution < -0.4 is 11.1 Å². The van der Waals surface area contributed by atoms with Crippen molar-refractivity contribution in [2.75, 3.05) is 6.54 Å². The van der Waals surface area contributed by atoms with Crippen LogP contribution in [0.2, 0.25) is 0 Å². The van der Waals surface area contributed by atoms with Gasteiger partial charge in [-0.15, -0.1) is 23.7 Å². The highest BCUT2D eigenvalue weighted by molar-refractivity contribution is 7.17. The molecule has 1 aromatic heterocycles. The molecular formula is C18H18ClFN2OS. The van der Waals surface area contributed by atoms with Gasteiger partial charge in [0.2, 0.25) is 0 Å². The summed E-state index contributed by atoms with van der Waals surface area (Å²) >= 11 is 1.37. The van der Waals surface area contributed by atoms with Gasteiger partial charge in [0.15, 0.2) is 0 Å². The molecule has 0 saturated carbocycles. The summed E-state index contributed by atoms with van der Waals surface area (Å²) in [5.41, 5.74) is 8.24. The highest BCUT2D eigenvalue weighted by Crippen LogP contribution is 2.27. The zero-order valence-corrected chi connectivity index (χ0v) is 14.6. The quantitative estimate of drug-likeness (QED) is 0.721. The highest BCUT2D eigenvalue weighted by Gasteiger charge is 2.13. The summed E-state index contributed by atoms with van der Waals surface area (Å²) in [6, 6.07) is 12.6. The Bertz CT molecular complexity index is 833. The van der Waals surface area contributed by atoms with Crippen LogP contribution in [-0.2, 0) is 13.0 Å². The van der Waals surface area contributed by atoms with E-state index in [0.717, 1.165) is 12.0 Å². The van der Waals surface area contributed by atoms with Gasteiger partial charge in [-0.25, -0.2) is 4.39 Å². The van der Waals surface area contributed by atoms with Crippen LogP contribution in [0.5, 0.6) is 0 Å². The summed E-state index contributed by atoms with van der Waals surface area (Å²) in [5, 5.41) is 5.18. The minimum atomic E-state index is -0.298. The molecule has 24 heavy (non-hydrogen) atoms. The Morgan fingerprint density at radius 2 is 1.79 bits per heavy atom. The number of nitrogens with two attached hydrogens (primary N) is 1. The van der Waals surface area contributed by atoms with Crippen LogP contribution in [0.15, 0.2) is 47.8 Å². The first-order chi connectivity index (χ1) is 11.2. The second-order valence-electron chi connectivity index (χ2n) is 5.30. The lowest BCUT2D eigenvalue weighted by molar-refractivity contribution is 0.0952. The summed E-state index contributed by atoms with van der Waals surface area (Å²) in [4.78, 5) is 12.4. The van der Waals surface area contributed by atoms with Gasteiger partial charge in [-0.05, 0) is 47.7 Å². The third kappa shape index (κ3) is 3.93. The summed E-state index contributed by atoms with van der Waals surface area (Å²) in [6.07, 6.45) is 0.846. The Balaban J connectivity index is 0.00000208. The first-order valence-corrected chi connectivity index (χ1v) is 8.29. The molecule has 0 atom stereocenters. The van der Waals surface area contributed by atoms with Gasteiger partial charge in [-0.2, -0.15) is 0 Å². The van der Waals surface area contributed by atoms with E-state index in [1.165, 1.54) is 29.0 Å². The minimum absolute atomic E-state index is 0. The molecule has 0 spiro atoms. The molecule has 0 radical (unpaired) electrons. The standard InChI is InChI=1S/C18H17FN2OS.ClH/c19-16-6-5-15(17-14(16)8-10-23-17)18(22)21-11-13-3-1-12(2-4-13)7-9-20;/h1-6,8,10H,7,9,11,20H2,(H,21,22);1H. The summed E-state index contributed by atoms with van der Waals surface area (Å²) in [6.45, 7) is 1.06. The van der Waals surface area contributed by atoms with Crippen molar-refractivity contribution in [2.45, 2.75) is 13.0 Å². The summed E-state index contributed by atoms with van der Waals surface area (Å²) in [7, 11) is 0. The molecule has 0 fully saturated rings. The maximum Gasteiger partial charge on any atom is 0.253 e.